The Morgan fingerprint density at radius 1 is 1.36 bits per heavy atom. The maximum Gasteiger partial charge on any atom is 0.136 e. The van der Waals surface area contributed by atoms with Gasteiger partial charge in [0.1, 0.15) is 5.78 Å². The smallest absolute Gasteiger partial charge is 0.136 e. The van der Waals surface area contributed by atoms with E-state index < -0.39 is 0 Å². The lowest BCUT2D eigenvalue weighted by Gasteiger charge is -2.22. The molecule has 0 atom stereocenters. The second kappa shape index (κ2) is 4.92. The van der Waals surface area contributed by atoms with Crippen LogP contribution in [0.15, 0.2) is 0 Å². The van der Waals surface area contributed by atoms with E-state index in [1.54, 1.807) is 7.11 Å². The molecule has 1 rings (SSSR count). The third-order valence-electron chi connectivity index (χ3n) is 3.34. The number of carbonyl (C=O) groups excluding carboxylic acids is 1. The Hall–Kier alpha value is -0.370. The first-order valence-corrected chi connectivity index (χ1v) is 5.63. The molecule has 0 aromatic heterocycles. The molecule has 0 aromatic carbocycles. The zero-order valence-corrected chi connectivity index (χ0v) is 9.64. The summed E-state index contributed by atoms with van der Waals surface area (Å²) in [7, 11) is 1.71. The fraction of sp³-hybridized carbons (Fsp3) is 0.917. The number of ether oxygens (including phenoxy) is 1. The summed E-state index contributed by atoms with van der Waals surface area (Å²) in [6, 6.07) is 0. The van der Waals surface area contributed by atoms with E-state index in [4.69, 9.17) is 4.74 Å². The molecular formula is C12H22O2. The van der Waals surface area contributed by atoms with Crippen LogP contribution in [-0.4, -0.2) is 18.5 Å². The number of hydrogen-bond acceptors (Lipinski definition) is 2. The fourth-order valence-electron chi connectivity index (χ4n) is 1.98. The molecule has 0 radical (unpaired) electrons. The molecule has 0 aromatic rings. The van der Waals surface area contributed by atoms with Gasteiger partial charge < -0.3 is 4.74 Å². The second-order valence-corrected chi connectivity index (χ2v) is 4.91. The van der Waals surface area contributed by atoms with E-state index in [9.17, 15) is 4.79 Å². The van der Waals surface area contributed by atoms with Gasteiger partial charge in [-0.2, -0.15) is 0 Å². The number of methoxy groups -OCH3 is 1. The molecule has 82 valence electrons. The first-order valence-electron chi connectivity index (χ1n) is 5.63. The van der Waals surface area contributed by atoms with Crippen LogP contribution in [0.4, 0.5) is 0 Å². The average Bonchev–Trinajstić information content (AvgIpc) is 2.67. The predicted octanol–water partition coefficient (Wildman–Crippen LogP) is 2.95. The Bertz CT molecular complexity index is 190. The number of rotatable bonds is 5. The maximum atomic E-state index is 11.8. The lowest BCUT2D eigenvalue weighted by molar-refractivity contribution is -0.124. The highest BCUT2D eigenvalue weighted by molar-refractivity contribution is 5.81. The van der Waals surface area contributed by atoms with Crippen molar-refractivity contribution in [2.24, 2.45) is 5.92 Å². The highest BCUT2D eigenvalue weighted by atomic mass is 16.5. The summed E-state index contributed by atoms with van der Waals surface area (Å²) in [5, 5.41) is 0. The van der Waals surface area contributed by atoms with E-state index >= 15 is 0 Å². The molecule has 0 unspecified atom stereocenters. The minimum atomic E-state index is -0.145. The van der Waals surface area contributed by atoms with Crippen molar-refractivity contribution in [2.45, 2.75) is 58.0 Å². The summed E-state index contributed by atoms with van der Waals surface area (Å²) < 4.78 is 5.30. The molecule has 1 aliphatic rings. The van der Waals surface area contributed by atoms with Crippen molar-refractivity contribution in [3.63, 3.8) is 0 Å². The third-order valence-corrected chi connectivity index (χ3v) is 3.34. The van der Waals surface area contributed by atoms with Crippen molar-refractivity contribution in [2.75, 3.05) is 7.11 Å². The van der Waals surface area contributed by atoms with Gasteiger partial charge in [-0.1, -0.05) is 12.8 Å². The minimum absolute atomic E-state index is 0.145. The molecule has 0 saturated heterocycles. The largest absolute Gasteiger partial charge is 0.379 e. The average molecular weight is 198 g/mol. The molecule has 0 aliphatic heterocycles. The zero-order valence-electron chi connectivity index (χ0n) is 9.64. The van der Waals surface area contributed by atoms with Crippen molar-refractivity contribution in [3.8, 4) is 0 Å². The van der Waals surface area contributed by atoms with Crippen LogP contribution in [0, 0.1) is 5.92 Å². The summed E-state index contributed by atoms with van der Waals surface area (Å²) in [6.45, 7) is 4.07. The molecule has 0 heterocycles. The van der Waals surface area contributed by atoms with Gasteiger partial charge in [-0.15, -0.1) is 0 Å². The molecule has 2 heteroatoms. The van der Waals surface area contributed by atoms with Crippen LogP contribution >= 0.6 is 0 Å². The second-order valence-electron chi connectivity index (χ2n) is 4.91. The first-order chi connectivity index (χ1) is 6.55. The highest BCUT2D eigenvalue weighted by Crippen LogP contribution is 2.28. The highest BCUT2D eigenvalue weighted by Gasteiger charge is 2.25. The van der Waals surface area contributed by atoms with Crippen LogP contribution in [0.1, 0.15) is 52.4 Å². The quantitative estimate of drug-likeness (QED) is 0.679. The molecule has 0 N–H and O–H groups in total. The van der Waals surface area contributed by atoms with Crippen molar-refractivity contribution in [1.82, 2.24) is 0 Å². The number of carbonyl (C=O) groups is 1. The zero-order chi connectivity index (χ0) is 10.6. The van der Waals surface area contributed by atoms with Crippen molar-refractivity contribution >= 4 is 5.78 Å². The van der Waals surface area contributed by atoms with Gasteiger partial charge in [-0.05, 0) is 33.1 Å². The normalized spacial score (nSPS) is 18.8. The molecule has 1 fully saturated rings. The van der Waals surface area contributed by atoms with Crippen molar-refractivity contribution < 1.29 is 9.53 Å². The van der Waals surface area contributed by atoms with E-state index in [-0.39, 0.29) is 5.60 Å². The molecule has 1 aliphatic carbocycles. The Kier molecular flexibility index (Phi) is 4.11. The Morgan fingerprint density at radius 3 is 2.43 bits per heavy atom. The summed E-state index contributed by atoms with van der Waals surface area (Å²) in [5.41, 5.74) is -0.145. The van der Waals surface area contributed by atoms with E-state index in [0.717, 1.165) is 19.3 Å². The van der Waals surface area contributed by atoms with E-state index in [1.807, 2.05) is 13.8 Å². The Balaban J connectivity index is 2.27. The molecule has 2 nitrogen and oxygen atoms in total. The lowest BCUT2D eigenvalue weighted by Crippen LogP contribution is -2.24. The van der Waals surface area contributed by atoms with Gasteiger partial charge in [0, 0.05) is 19.4 Å². The van der Waals surface area contributed by atoms with Crippen LogP contribution in [0.2, 0.25) is 0 Å². The molecule has 0 bridgehead atoms. The van der Waals surface area contributed by atoms with Gasteiger partial charge in [-0.3, -0.25) is 4.79 Å². The summed E-state index contributed by atoms with van der Waals surface area (Å²) in [4.78, 5) is 11.8. The van der Waals surface area contributed by atoms with Gasteiger partial charge in [0.2, 0.25) is 0 Å². The summed E-state index contributed by atoms with van der Waals surface area (Å²) >= 11 is 0. The Labute approximate surface area is 87.0 Å². The van der Waals surface area contributed by atoms with Crippen molar-refractivity contribution in [1.29, 1.82) is 0 Å². The van der Waals surface area contributed by atoms with Gasteiger partial charge in [0.15, 0.2) is 0 Å². The van der Waals surface area contributed by atoms with Crippen LogP contribution in [-0.2, 0) is 9.53 Å². The summed E-state index contributed by atoms with van der Waals surface area (Å²) in [5.74, 6) is 0.815. The molecule has 0 amide bonds. The van der Waals surface area contributed by atoms with Crippen molar-refractivity contribution in [3.05, 3.63) is 0 Å². The number of hydrogen-bond donors (Lipinski definition) is 0. The number of ketones is 1. The molecule has 1 saturated carbocycles. The van der Waals surface area contributed by atoms with Crippen LogP contribution in [0.3, 0.4) is 0 Å². The van der Waals surface area contributed by atoms with Gasteiger partial charge >= 0.3 is 0 Å². The third kappa shape index (κ3) is 3.41. The van der Waals surface area contributed by atoms with Crippen LogP contribution in [0.5, 0.6) is 0 Å². The Morgan fingerprint density at radius 2 is 1.93 bits per heavy atom. The lowest BCUT2D eigenvalue weighted by atomic mass is 9.94. The fourth-order valence-corrected chi connectivity index (χ4v) is 1.98. The molecular weight excluding hydrogens is 176 g/mol. The van der Waals surface area contributed by atoms with Gasteiger partial charge in [0.05, 0.1) is 5.60 Å². The summed E-state index contributed by atoms with van der Waals surface area (Å²) in [6.07, 6.45) is 6.25. The van der Waals surface area contributed by atoms with Gasteiger partial charge in [0.25, 0.3) is 0 Å². The maximum absolute atomic E-state index is 11.8. The minimum Gasteiger partial charge on any atom is -0.379 e. The topological polar surface area (TPSA) is 26.3 Å². The standard InChI is InChI=1S/C12H22O2/c1-12(2,14-3)9-8-11(13)10-6-4-5-7-10/h10H,4-9H2,1-3H3. The first kappa shape index (κ1) is 11.7. The number of Topliss-reactive ketones (excluding diaryl/α,β-unsaturated/α-hetero) is 1. The molecule has 14 heavy (non-hydrogen) atoms. The van der Waals surface area contributed by atoms with Crippen LogP contribution < -0.4 is 0 Å². The van der Waals surface area contributed by atoms with E-state index in [0.29, 0.717) is 18.1 Å². The van der Waals surface area contributed by atoms with E-state index in [2.05, 4.69) is 0 Å². The van der Waals surface area contributed by atoms with Gasteiger partial charge in [-0.25, -0.2) is 0 Å². The SMILES string of the molecule is COC(C)(C)CCC(=O)C1CCCC1. The van der Waals surface area contributed by atoms with Crippen LogP contribution in [0.25, 0.3) is 0 Å². The van der Waals surface area contributed by atoms with E-state index in [1.165, 1.54) is 12.8 Å². The monoisotopic (exact) mass is 198 g/mol. The predicted molar refractivity (Wildman–Crippen MR) is 57.3 cm³/mol. The molecule has 0 spiro atoms.